The number of thiophene rings is 1. The molecule has 0 aliphatic carbocycles. The van der Waals surface area contributed by atoms with Crippen molar-refractivity contribution in [3.05, 3.63) is 40.7 Å². The first-order chi connectivity index (χ1) is 7.70. The Morgan fingerprint density at radius 2 is 2.19 bits per heavy atom. The standard InChI is InChI=1S/C12H15N3S/c1-9(11-6-4-8-16-11)15(2)10-5-3-7-14-12(10)13/h3-9H,1-2H3,(H2,13,14). The molecule has 0 spiro atoms. The van der Waals surface area contributed by atoms with Crippen molar-refractivity contribution in [2.24, 2.45) is 0 Å². The number of rotatable bonds is 3. The molecule has 0 amide bonds. The minimum absolute atomic E-state index is 0.312. The molecule has 0 aromatic carbocycles. The Morgan fingerprint density at radius 3 is 2.81 bits per heavy atom. The minimum atomic E-state index is 0.312. The summed E-state index contributed by atoms with van der Waals surface area (Å²) in [6.45, 7) is 2.16. The van der Waals surface area contributed by atoms with Crippen LogP contribution in [0.4, 0.5) is 11.5 Å². The third kappa shape index (κ3) is 2.02. The zero-order valence-corrected chi connectivity index (χ0v) is 10.2. The Bertz CT molecular complexity index is 453. The summed E-state index contributed by atoms with van der Waals surface area (Å²) in [5, 5.41) is 2.09. The third-order valence-electron chi connectivity index (χ3n) is 2.73. The Hall–Kier alpha value is -1.55. The Kier molecular flexibility index (Phi) is 3.10. The molecule has 0 bridgehead atoms. The van der Waals surface area contributed by atoms with Gasteiger partial charge in [0.2, 0.25) is 0 Å². The summed E-state index contributed by atoms with van der Waals surface area (Å²) in [6.07, 6.45) is 1.71. The SMILES string of the molecule is CC(c1cccs1)N(C)c1cccnc1N. The largest absolute Gasteiger partial charge is 0.382 e. The van der Waals surface area contributed by atoms with Crippen LogP contribution in [0, 0.1) is 0 Å². The number of anilines is 2. The van der Waals surface area contributed by atoms with E-state index in [4.69, 9.17) is 5.73 Å². The molecule has 2 rings (SSSR count). The average Bonchev–Trinajstić information content (AvgIpc) is 2.81. The zero-order valence-electron chi connectivity index (χ0n) is 9.42. The summed E-state index contributed by atoms with van der Waals surface area (Å²) in [6, 6.07) is 8.41. The first-order valence-corrected chi connectivity index (χ1v) is 6.05. The van der Waals surface area contributed by atoms with E-state index in [1.165, 1.54) is 4.88 Å². The maximum Gasteiger partial charge on any atom is 0.146 e. The molecule has 84 valence electrons. The first kappa shape index (κ1) is 11.0. The summed E-state index contributed by atoms with van der Waals surface area (Å²) in [5.41, 5.74) is 6.84. The van der Waals surface area contributed by atoms with Gasteiger partial charge in [-0.1, -0.05) is 6.07 Å². The van der Waals surface area contributed by atoms with E-state index in [1.54, 1.807) is 17.5 Å². The van der Waals surface area contributed by atoms with E-state index < -0.39 is 0 Å². The molecule has 2 heterocycles. The summed E-state index contributed by atoms with van der Waals surface area (Å²) in [7, 11) is 2.04. The summed E-state index contributed by atoms with van der Waals surface area (Å²) in [4.78, 5) is 7.58. The number of nitrogen functional groups attached to an aromatic ring is 1. The van der Waals surface area contributed by atoms with Gasteiger partial charge in [0.05, 0.1) is 11.7 Å². The van der Waals surface area contributed by atoms with E-state index in [0.29, 0.717) is 11.9 Å². The van der Waals surface area contributed by atoms with Crippen LogP contribution in [-0.4, -0.2) is 12.0 Å². The second kappa shape index (κ2) is 4.53. The van der Waals surface area contributed by atoms with Gasteiger partial charge in [0, 0.05) is 18.1 Å². The normalized spacial score (nSPS) is 12.4. The summed E-state index contributed by atoms with van der Waals surface area (Å²) in [5.74, 6) is 0.577. The molecule has 4 heteroatoms. The van der Waals surface area contributed by atoms with Crippen molar-refractivity contribution in [2.45, 2.75) is 13.0 Å². The topological polar surface area (TPSA) is 42.2 Å². The number of hydrogen-bond donors (Lipinski definition) is 1. The maximum absolute atomic E-state index is 5.86. The average molecular weight is 233 g/mol. The van der Waals surface area contributed by atoms with Crippen molar-refractivity contribution >= 4 is 22.8 Å². The van der Waals surface area contributed by atoms with Crippen LogP contribution in [0.5, 0.6) is 0 Å². The van der Waals surface area contributed by atoms with Gasteiger partial charge in [-0.15, -0.1) is 11.3 Å². The number of aromatic nitrogens is 1. The van der Waals surface area contributed by atoms with E-state index in [9.17, 15) is 0 Å². The van der Waals surface area contributed by atoms with Crippen LogP contribution in [0.3, 0.4) is 0 Å². The number of pyridine rings is 1. The lowest BCUT2D eigenvalue weighted by molar-refractivity contribution is 0.753. The van der Waals surface area contributed by atoms with Crippen LogP contribution in [0.2, 0.25) is 0 Å². The van der Waals surface area contributed by atoms with Gasteiger partial charge in [0.15, 0.2) is 0 Å². The third-order valence-corrected chi connectivity index (χ3v) is 3.77. The minimum Gasteiger partial charge on any atom is -0.382 e. The van der Waals surface area contributed by atoms with Crippen LogP contribution < -0.4 is 10.6 Å². The van der Waals surface area contributed by atoms with Crippen molar-refractivity contribution in [3.63, 3.8) is 0 Å². The quantitative estimate of drug-likeness (QED) is 0.886. The molecule has 2 aromatic heterocycles. The highest BCUT2D eigenvalue weighted by Crippen LogP contribution is 2.30. The smallest absolute Gasteiger partial charge is 0.146 e. The first-order valence-electron chi connectivity index (χ1n) is 5.17. The van der Waals surface area contributed by atoms with Gasteiger partial charge in [-0.3, -0.25) is 0 Å². The van der Waals surface area contributed by atoms with E-state index in [0.717, 1.165) is 5.69 Å². The summed E-state index contributed by atoms with van der Waals surface area (Å²) < 4.78 is 0. The molecule has 0 radical (unpaired) electrons. The molecule has 16 heavy (non-hydrogen) atoms. The van der Waals surface area contributed by atoms with Crippen LogP contribution in [0.1, 0.15) is 17.8 Å². The lowest BCUT2D eigenvalue weighted by Crippen LogP contribution is -2.22. The molecular formula is C12H15N3S. The second-order valence-corrected chi connectivity index (χ2v) is 4.69. The maximum atomic E-state index is 5.86. The van der Waals surface area contributed by atoms with Gasteiger partial charge >= 0.3 is 0 Å². The van der Waals surface area contributed by atoms with Crippen molar-refractivity contribution in [1.82, 2.24) is 4.98 Å². The highest BCUT2D eigenvalue weighted by atomic mass is 32.1. The number of hydrogen-bond acceptors (Lipinski definition) is 4. The van der Waals surface area contributed by atoms with Crippen molar-refractivity contribution in [2.75, 3.05) is 17.7 Å². The highest BCUT2D eigenvalue weighted by Gasteiger charge is 2.15. The van der Waals surface area contributed by atoms with Gasteiger partial charge in [-0.05, 0) is 30.5 Å². The monoisotopic (exact) mass is 233 g/mol. The molecule has 0 saturated heterocycles. The number of nitrogens with zero attached hydrogens (tertiary/aromatic N) is 2. The van der Waals surface area contributed by atoms with Crippen molar-refractivity contribution in [3.8, 4) is 0 Å². The summed E-state index contributed by atoms with van der Waals surface area (Å²) >= 11 is 1.76. The zero-order chi connectivity index (χ0) is 11.5. The lowest BCUT2D eigenvalue weighted by Gasteiger charge is -2.26. The van der Waals surface area contributed by atoms with Gasteiger partial charge in [0.25, 0.3) is 0 Å². The second-order valence-electron chi connectivity index (χ2n) is 3.71. The predicted molar refractivity (Wildman–Crippen MR) is 69.8 cm³/mol. The molecule has 2 N–H and O–H groups in total. The molecule has 2 aromatic rings. The Morgan fingerprint density at radius 1 is 1.38 bits per heavy atom. The van der Waals surface area contributed by atoms with Gasteiger partial charge in [-0.2, -0.15) is 0 Å². The molecule has 3 nitrogen and oxygen atoms in total. The van der Waals surface area contributed by atoms with E-state index in [2.05, 4.69) is 34.3 Å². The van der Waals surface area contributed by atoms with Gasteiger partial charge < -0.3 is 10.6 Å². The fourth-order valence-corrected chi connectivity index (χ4v) is 2.46. The fourth-order valence-electron chi connectivity index (χ4n) is 1.64. The van der Waals surface area contributed by atoms with Gasteiger partial charge in [0.1, 0.15) is 5.82 Å². The predicted octanol–water partition coefficient (Wildman–Crippen LogP) is 2.92. The van der Waals surface area contributed by atoms with E-state index in [-0.39, 0.29) is 0 Å². The molecule has 0 saturated carbocycles. The van der Waals surface area contributed by atoms with E-state index >= 15 is 0 Å². The molecule has 0 aliphatic heterocycles. The molecular weight excluding hydrogens is 218 g/mol. The van der Waals surface area contributed by atoms with Crippen LogP contribution in [0.25, 0.3) is 0 Å². The number of nitrogens with two attached hydrogens (primary N) is 1. The molecule has 0 aliphatic rings. The van der Waals surface area contributed by atoms with Crippen LogP contribution in [-0.2, 0) is 0 Å². The van der Waals surface area contributed by atoms with Gasteiger partial charge in [-0.25, -0.2) is 4.98 Å². The highest BCUT2D eigenvalue weighted by molar-refractivity contribution is 7.10. The lowest BCUT2D eigenvalue weighted by atomic mass is 10.2. The Labute approximate surface area is 99.5 Å². The molecule has 0 fully saturated rings. The molecule has 1 unspecified atom stereocenters. The van der Waals surface area contributed by atoms with E-state index in [1.807, 2.05) is 19.2 Å². The van der Waals surface area contributed by atoms with Crippen LogP contribution in [0.15, 0.2) is 35.8 Å². The van der Waals surface area contributed by atoms with Crippen molar-refractivity contribution < 1.29 is 0 Å². The molecule has 1 atom stereocenters. The van der Waals surface area contributed by atoms with Crippen molar-refractivity contribution in [1.29, 1.82) is 0 Å². The van der Waals surface area contributed by atoms with Crippen LogP contribution >= 0.6 is 11.3 Å². The Balaban J connectivity index is 2.26. The fraction of sp³-hybridized carbons (Fsp3) is 0.250.